The van der Waals surface area contributed by atoms with E-state index in [0.29, 0.717) is 10.2 Å². The van der Waals surface area contributed by atoms with Gasteiger partial charge in [-0.25, -0.2) is 0 Å². The lowest BCUT2D eigenvalue weighted by atomic mass is 9.62. The first-order chi connectivity index (χ1) is 7.66. The Hall–Kier alpha value is 0.350. The molecule has 0 aromatic rings. The van der Waals surface area contributed by atoms with E-state index in [0.717, 1.165) is 0 Å². The number of thiol groups is 1. The van der Waals surface area contributed by atoms with Gasteiger partial charge in [-0.3, -0.25) is 0 Å². The Labute approximate surface area is 108 Å². The van der Waals surface area contributed by atoms with Gasteiger partial charge in [0.15, 0.2) is 0 Å². The minimum absolute atomic E-state index is 0.381. The first-order valence-corrected chi connectivity index (χ1v) is 7.84. The van der Waals surface area contributed by atoms with Crippen molar-refractivity contribution < 1.29 is 0 Å². The van der Waals surface area contributed by atoms with Crippen molar-refractivity contribution in [1.82, 2.24) is 0 Å². The Bertz CT molecular complexity index is 164. The van der Waals surface area contributed by atoms with Crippen LogP contribution in [0.2, 0.25) is 0 Å². The molecule has 1 heteroatoms. The number of hydrogen-bond acceptors (Lipinski definition) is 1. The van der Waals surface area contributed by atoms with Gasteiger partial charge < -0.3 is 0 Å². The third-order valence-corrected chi connectivity index (χ3v) is 5.75. The molecule has 0 aliphatic heterocycles. The lowest BCUT2D eigenvalue weighted by molar-refractivity contribution is 0.117. The predicted octanol–water partition coefficient (Wildman–Crippen LogP) is 5.62. The van der Waals surface area contributed by atoms with E-state index in [4.69, 9.17) is 12.6 Å². The Morgan fingerprint density at radius 2 is 1.06 bits per heavy atom. The molecule has 0 heterocycles. The molecule has 0 nitrogen and oxygen atoms in total. The molecule has 0 aromatic carbocycles. The van der Waals surface area contributed by atoms with Gasteiger partial charge in [-0.1, -0.05) is 59.3 Å². The first kappa shape index (κ1) is 14.4. The Kier molecular flexibility index (Phi) is 5.70. The summed E-state index contributed by atoms with van der Waals surface area (Å²) in [5.41, 5.74) is 0.550. The van der Waals surface area contributed by atoms with Crippen molar-refractivity contribution in [1.29, 1.82) is 0 Å². The maximum absolute atomic E-state index is 5.08. The second-order valence-corrected chi connectivity index (χ2v) is 6.57. The third-order valence-electron chi connectivity index (χ3n) is 4.76. The fourth-order valence-corrected chi connectivity index (χ4v) is 4.08. The summed E-state index contributed by atoms with van der Waals surface area (Å²) in [6.45, 7) is 6.50. The van der Waals surface area contributed by atoms with Crippen LogP contribution in [-0.2, 0) is 0 Å². The van der Waals surface area contributed by atoms with Crippen molar-refractivity contribution in [2.75, 3.05) is 0 Å². The summed E-state index contributed by atoms with van der Waals surface area (Å²) >= 11 is 5.08. The molecule has 2 aliphatic carbocycles. The van der Waals surface area contributed by atoms with E-state index in [9.17, 15) is 0 Å². The summed E-state index contributed by atoms with van der Waals surface area (Å²) in [6.07, 6.45) is 14.2. The van der Waals surface area contributed by atoms with Crippen LogP contribution < -0.4 is 0 Å². The van der Waals surface area contributed by atoms with Crippen LogP contribution >= 0.6 is 12.6 Å². The minimum Gasteiger partial charge on any atom is -0.172 e. The highest BCUT2D eigenvalue weighted by Gasteiger charge is 2.45. The van der Waals surface area contributed by atoms with Crippen LogP contribution in [0.1, 0.15) is 85.0 Å². The average molecular weight is 242 g/mol. The molecule has 0 unspecified atom stereocenters. The fourth-order valence-electron chi connectivity index (χ4n) is 3.54. The summed E-state index contributed by atoms with van der Waals surface area (Å²) < 4.78 is 0.381. The molecule has 2 aliphatic rings. The maximum atomic E-state index is 5.08. The van der Waals surface area contributed by atoms with Gasteiger partial charge in [-0.05, 0) is 31.1 Å². The lowest BCUT2D eigenvalue weighted by Crippen LogP contribution is -2.44. The van der Waals surface area contributed by atoms with Crippen LogP contribution in [0.3, 0.4) is 0 Å². The second kappa shape index (κ2) is 6.33. The first-order valence-electron chi connectivity index (χ1n) is 7.39. The third kappa shape index (κ3) is 2.97. The van der Waals surface area contributed by atoms with Crippen molar-refractivity contribution >= 4 is 12.6 Å². The highest BCUT2D eigenvalue weighted by atomic mass is 32.1. The molecule has 0 aromatic heterocycles. The minimum atomic E-state index is 0.381. The molecule has 2 rings (SSSR count). The molecule has 0 spiro atoms. The lowest BCUT2D eigenvalue weighted by Gasteiger charge is -2.50. The van der Waals surface area contributed by atoms with Crippen LogP contribution in [0.5, 0.6) is 0 Å². The van der Waals surface area contributed by atoms with Crippen molar-refractivity contribution in [3.05, 3.63) is 0 Å². The van der Waals surface area contributed by atoms with Crippen LogP contribution in [0.4, 0.5) is 0 Å². The quantitative estimate of drug-likeness (QED) is 0.567. The summed E-state index contributed by atoms with van der Waals surface area (Å²) in [4.78, 5) is 0. The Morgan fingerprint density at radius 1 is 0.688 bits per heavy atom. The topological polar surface area (TPSA) is 0 Å². The maximum Gasteiger partial charge on any atom is 0.0183 e. The molecule has 0 atom stereocenters. The SMILES string of the molecule is CC.CC1(C2(S)CCCCC2)CCCCC1. The van der Waals surface area contributed by atoms with Crippen LogP contribution in [0, 0.1) is 5.41 Å². The van der Waals surface area contributed by atoms with Gasteiger partial charge in [0.1, 0.15) is 0 Å². The summed E-state index contributed by atoms with van der Waals surface area (Å²) in [6, 6.07) is 0. The summed E-state index contributed by atoms with van der Waals surface area (Å²) in [5.74, 6) is 0. The van der Waals surface area contributed by atoms with Crippen molar-refractivity contribution in [3.8, 4) is 0 Å². The van der Waals surface area contributed by atoms with E-state index in [2.05, 4.69) is 6.92 Å². The van der Waals surface area contributed by atoms with E-state index in [1.165, 1.54) is 64.2 Å². The molecule has 16 heavy (non-hydrogen) atoms. The molecule has 0 N–H and O–H groups in total. The van der Waals surface area contributed by atoms with Gasteiger partial charge in [-0.2, -0.15) is 12.6 Å². The van der Waals surface area contributed by atoms with Crippen LogP contribution in [-0.4, -0.2) is 4.75 Å². The zero-order valence-electron chi connectivity index (χ0n) is 11.5. The van der Waals surface area contributed by atoms with Gasteiger partial charge >= 0.3 is 0 Å². The highest BCUT2D eigenvalue weighted by Crippen LogP contribution is 2.54. The molecular formula is C15H30S. The van der Waals surface area contributed by atoms with E-state index in [1.807, 2.05) is 13.8 Å². The number of hydrogen-bond donors (Lipinski definition) is 1. The molecule has 2 fully saturated rings. The van der Waals surface area contributed by atoms with Crippen molar-refractivity contribution in [2.45, 2.75) is 89.7 Å². The van der Waals surface area contributed by atoms with Gasteiger partial charge in [0.2, 0.25) is 0 Å². The predicted molar refractivity (Wildman–Crippen MR) is 77.3 cm³/mol. The molecule has 0 radical (unpaired) electrons. The van der Waals surface area contributed by atoms with Gasteiger partial charge in [-0.15, -0.1) is 0 Å². The Balaban J connectivity index is 0.000000606. The van der Waals surface area contributed by atoms with E-state index in [1.54, 1.807) is 0 Å². The molecule has 0 saturated heterocycles. The van der Waals surface area contributed by atoms with Crippen LogP contribution in [0.15, 0.2) is 0 Å². The molecule has 2 saturated carbocycles. The zero-order valence-corrected chi connectivity index (χ0v) is 12.4. The summed E-state index contributed by atoms with van der Waals surface area (Å²) in [7, 11) is 0. The second-order valence-electron chi connectivity index (χ2n) is 5.71. The normalized spacial score (nSPS) is 27.8. The van der Waals surface area contributed by atoms with Gasteiger partial charge in [0.05, 0.1) is 0 Å². The molecule has 0 amide bonds. The van der Waals surface area contributed by atoms with Crippen molar-refractivity contribution in [3.63, 3.8) is 0 Å². The van der Waals surface area contributed by atoms with Crippen LogP contribution in [0.25, 0.3) is 0 Å². The zero-order chi connectivity index (χ0) is 12.1. The van der Waals surface area contributed by atoms with E-state index >= 15 is 0 Å². The van der Waals surface area contributed by atoms with Gasteiger partial charge in [0, 0.05) is 4.75 Å². The molecule has 0 bridgehead atoms. The standard InChI is InChI=1S/C13H24S.C2H6/c1-12(8-4-2-5-9-12)13(14)10-6-3-7-11-13;1-2/h14H,2-11H2,1H3;1-2H3. The molecule has 96 valence electrons. The number of rotatable bonds is 1. The molecular weight excluding hydrogens is 212 g/mol. The Morgan fingerprint density at radius 3 is 1.50 bits per heavy atom. The van der Waals surface area contributed by atoms with Crippen molar-refractivity contribution in [2.24, 2.45) is 5.41 Å². The smallest absolute Gasteiger partial charge is 0.0183 e. The average Bonchev–Trinajstić information content (AvgIpc) is 2.33. The monoisotopic (exact) mass is 242 g/mol. The highest BCUT2D eigenvalue weighted by molar-refractivity contribution is 7.81. The largest absolute Gasteiger partial charge is 0.172 e. The van der Waals surface area contributed by atoms with E-state index in [-0.39, 0.29) is 0 Å². The van der Waals surface area contributed by atoms with E-state index < -0.39 is 0 Å². The van der Waals surface area contributed by atoms with Gasteiger partial charge in [0.25, 0.3) is 0 Å². The fraction of sp³-hybridized carbons (Fsp3) is 1.00. The summed E-state index contributed by atoms with van der Waals surface area (Å²) in [5, 5.41) is 0.